The number of nitrogens with zero attached hydrogens (tertiary/aromatic N) is 10. The third-order valence-electron chi connectivity index (χ3n) is 26.3. The van der Waals surface area contributed by atoms with Crippen LogP contribution in [0.5, 0.6) is 0 Å². The van der Waals surface area contributed by atoms with Gasteiger partial charge in [0.2, 0.25) is 0 Å². The summed E-state index contributed by atoms with van der Waals surface area (Å²) in [6.07, 6.45) is 6.57. The van der Waals surface area contributed by atoms with E-state index >= 15 is 0 Å². The summed E-state index contributed by atoms with van der Waals surface area (Å²) >= 11 is 3.68. The Morgan fingerprint density at radius 2 is 0.364 bits per heavy atom. The molecule has 9 heterocycles. The molecule has 0 spiro atoms. The van der Waals surface area contributed by atoms with Crippen LogP contribution in [0.2, 0.25) is 0 Å². The maximum atomic E-state index is 2.42. The van der Waals surface area contributed by atoms with E-state index in [-0.39, 0.29) is 0 Å². The van der Waals surface area contributed by atoms with Crippen molar-refractivity contribution in [3.63, 3.8) is 0 Å². The molecule has 3 aliphatic heterocycles. The Bertz CT molecular complexity index is 8690. The highest BCUT2D eigenvalue weighted by atomic mass is 32.2. The predicted octanol–water partition coefficient (Wildman–Crippen LogP) is 33.3. The average Bonchev–Trinajstić information content (AvgIpc) is 1.53. The van der Waals surface area contributed by atoms with Gasteiger partial charge >= 0.3 is 0 Å². The summed E-state index contributed by atoms with van der Waals surface area (Å²) in [6, 6.07) is 168. The fourth-order valence-electron chi connectivity index (χ4n) is 20.7. The van der Waals surface area contributed by atoms with Crippen LogP contribution in [-0.2, 0) is 0 Å². The second-order valence-electron chi connectivity index (χ2n) is 33.6. The first-order chi connectivity index (χ1) is 65.5. The Morgan fingerprint density at radius 3 is 0.712 bits per heavy atom. The molecule has 0 saturated heterocycles. The highest BCUT2D eigenvalue weighted by molar-refractivity contribution is 8.00. The van der Waals surface area contributed by atoms with Crippen molar-refractivity contribution in [1.82, 2.24) is 27.4 Å². The van der Waals surface area contributed by atoms with Crippen molar-refractivity contribution in [2.24, 2.45) is 0 Å². The van der Waals surface area contributed by atoms with Crippen LogP contribution < -0.4 is 19.6 Å². The summed E-state index contributed by atoms with van der Waals surface area (Å²) < 4.78 is 14.1. The number of hydrogen-bond donors (Lipinski definition) is 0. The van der Waals surface area contributed by atoms with Crippen LogP contribution in [0.4, 0.5) is 68.2 Å². The van der Waals surface area contributed by atoms with Crippen molar-refractivity contribution < 1.29 is 0 Å². The maximum absolute atomic E-state index is 2.42. The van der Waals surface area contributed by atoms with E-state index in [0.717, 1.165) is 68.2 Å². The maximum Gasteiger partial charge on any atom is 0.0703 e. The zero-order chi connectivity index (χ0) is 86.9. The lowest BCUT2D eigenvalue weighted by molar-refractivity contribution is 1.13. The summed E-state index contributed by atoms with van der Waals surface area (Å²) in [5, 5.41) is 11.4. The predicted molar refractivity (Wildman–Crippen MR) is 553 cm³/mol. The molecule has 10 nitrogen and oxygen atoms in total. The Kier molecular flexibility index (Phi) is 18.2. The third-order valence-corrected chi connectivity index (χ3v) is 28.5. The van der Waals surface area contributed by atoms with Crippen molar-refractivity contribution in [2.75, 3.05) is 19.6 Å². The Morgan fingerprint density at radius 1 is 0.136 bits per heavy atom. The summed E-state index contributed by atoms with van der Waals surface area (Å²) in [5.41, 5.74) is 31.8. The molecular weight excluding hydrogens is 1650 g/mol. The minimum absolute atomic E-state index is 1.11. The smallest absolute Gasteiger partial charge is 0.0703 e. The molecule has 6 aromatic heterocycles. The van der Waals surface area contributed by atoms with Crippen LogP contribution in [-0.4, -0.2) is 27.4 Å². The van der Waals surface area contributed by atoms with Gasteiger partial charge in [-0.2, -0.15) is 0 Å². The van der Waals surface area contributed by atoms with Crippen LogP contribution in [0, 0.1) is 0 Å². The highest BCUT2D eigenvalue weighted by Gasteiger charge is 2.33. The fraction of sp³-hybridized carbons (Fsp3) is 0. The van der Waals surface area contributed by atoms with Crippen molar-refractivity contribution in [2.45, 2.75) is 19.6 Å². The average molecular weight is 1730 g/mol. The van der Waals surface area contributed by atoms with E-state index in [9.17, 15) is 0 Å². The molecule has 12 heteroatoms. The minimum Gasteiger partial charge on any atom is -0.317 e. The zero-order valence-corrected chi connectivity index (χ0v) is 73.1. The van der Waals surface area contributed by atoms with E-state index in [4.69, 9.17) is 0 Å². The standard InChI is InChI=1S/C44H30N4.2C38H25N3S/c1-3-14-31(15-4-1)45-29-28-36-37(45)26-27-43-44(36)35-20-7-8-21-38(35)47(43)33-18-13-19-34(30-33)48-41-24-11-9-22-39(41)46(32-16-5-2-6-17-32)40-23-10-12-25-42(40)48;1-2-11-26(12-3-1)39-24-23-30-31(39)21-22-35-38(30)29-15-4-5-16-32(29)40(35)27-13-10-14-28(25-27)41-33-17-6-8-19-36(33)42-37-20-9-7-18-34(37)41;1-2-10-26(11-3-1)39-25-24-30-31(39)22-23-35-38(30)29-12-4-5-13-32(29)40(35)27-18-20-28(21-19-27)41-33-14-6-8-16-36(33)42-37-17-9-7-15-34(37)41/h1-30H;2*1-25H. The van der Waals surface area contributed by atoms with Gasteiger partial charge in [-0.25, -0.2) is 0 Å². The molecule has 0 bridgehead atoms. The topological polar surface area (TPSA) is 42.5 Å². The van der Waals surface area contributed by atoms with Crippen LogP contribution in [0.15, 0.2) is 505 Å². The molecule has 0 unspecified atom stereocenters. The molecule has 0 fully saturated rings. The summed E-state index contributed by atoms with van der Waals surface area (Å²) in [6.45, 7) is 0. The van der Waals surface area contributed by atoms with Crippen LogP contribution in [0.3, 0.4) is 0 Å². The zero-order valence-electron chi connectivity index (χ0n) is 71.5. The molecule has 0 saturated carbocycles. The first kappa shape index (κ1) is 76.3. The minimum atomic E-state index is 1.11. The second kappa shape index (κ2) is 31.5. The van der Waals surface area contributed by atoms with E-state index < -0.39 is 0 Å². The van der Waals surface area contributed by atoms with Crippen molar-refractivity contribution in [1.29, 1.82) is 0 Å². The van der Waals surface area contributed by atoms with Gasteiger partial charge in [0.25, 0.3) is 0 Å². The van der Waals surface area contributed by atoms with Gasteiger partial charge in [-0.05, 0) is 255 Å². The Balaban J connectivity index is 0.000000104. The van der Waals surface area contributed by atoms with E-state index in [1.54, 1.807) is 0 Å². The highest BCUT2D eigenvalue weighted by Crippen LogP contribution is 2.57. The lowest BCUT2D eigenvalue weighted by atomic mass is 10.0. The lowest BCUT2D eigenvalue weighted by Gasteiger charge is -2.40. The number of anilines is 12. The molecule has 0 aliphatic carbocycles. The number of para-hydroxylation sites is 15. The molecule has 25 aromatic rings. The first-order valence-corrected chi connectivity index (χ1v) is 46.4. The van der Waals surface area contributed by atoms with E-state index in [1.165, 1.54) is 152 Å². The molecular formula is C120H80N10S2. The van der Waals surface area contributed by atoms with Crippen molar-refractivity contribution in [3.8, 4) is 34.1 Å². The van der Waals surface area contributed by atoms with Gasteiger partial charge < -0.3 is 47.0 Å². The lowest BCUT2D eigenvalue weighted by Crippen LogP contribution is -2.23. The van der Waals surface area contributed by atoms with Crippen LogP contribution >= 0.6 is 23.5 Å². The molecule has 0 radical (unpaired) electrons. The van der Waals surface area contributed by atoms with Gasteiger partial charge in [0, 0.05) is 144 Å². The number of benzene rings is 19. The molecule has 3 aliphatic rings. The number of rotatable bonds is 10. The molecule has 0 atom stereocenters. The largest absolute Gasteiger partial charge is 0.317 e. The normalized spacial score (nSPS) is 12.6. The third kappa shape index (κ3) is 12.4. The molecule has 28 rings (SSSR count). The van der Waals surface area contributed by atoms with Crippen molar-refractivity contribution in [3.05, 3.63) is 486 Å². The number of aromatic nitrogens is 6. The number of hydrogen-bond acceptors (Lipinski definition) is 6. The van der Waals surface area contributed by atoms with Gasteiger partial charge in [-0.1, -0.05) is 236 Å². The van der Waals surface area contributed by atoms with Gasteiger partial charge in [0.1, 0.15) is 0 Å². The monoisotopic (exact) mass is 1720 g/mol. The van der Waals surface area contributed by atoms with Gasteiger partial charge in [-0.3, -0.25) is 0 Å². The summed E-state index contributed by atoms with van der Waals surface area (Å²) in [7, 11) is 0. The molecule has 0 N–H and O–H groups in total. The van der Waals surface area contributed by atoms with Gasteiger partial charge in [0.05, 0.1) is 95.1 Å². The van der Waals surface area contributed by atoms with Gasteiger partial charge in [0.15, 0.2) is 0 Å². The molecule has 622 valence electrons. The van der Waals surface area contributed by atoms with E-state index in [0.29, 0.717) is 0 Å². The van der Waals surface area contributed by atoms with E-state index in [2.05, 4.69) is 533 Å². The SMILES string of the molecule is c1ccc(-n2ccc3c4c5ccccc5n(-c5ccc(N6c7ccccc7Sc7ccccc76)cc5)c4ccc32)cc1.c1ccc(-n2ccc3c4c5ccccc5n(-c5cccc(N6c7ccccc7Sc7ccccc76)c5)c4ccc32)cc1.c1ccc(N2c3ccccc3N(c3cccc(-n4c5ccccc5c5c6ccn(-c7ccccc7)c6ccc54)c3)c3ccccc32)cc1. The number of fused-ring (bicyclic) bond motifs is 21. The van der Waals surface area contributed by atoms with Crippen LogP contribution in [0.25, 0.3) is 132 Å². The molecule has 0 amide bonds. The Labute approximate surface area is 770 Å². The molecule has 19 aromatic carbocycles. The van der Waals surface area contributed by atoms with Crippen LogP contribution in [0.1, 0.15) is 0 Å². The quantitative estimate of drug-likeness (QED) is 0.136. The Hall–Kier alpha value is -16.9. The second-order valence-corrected chi connectivity index (χ2v) is 35.8. The fourth-order valence-corrected chi connectivity index (χ4v) is 22.8. The molecule has 132 heavy (non-hydrogen) atoms. The first-order valence-electron chi connectivity index (χ1n) is 44.8. The summed E-state index contributed by atoms with van der Waals surface area (Å²) in [5.74, 6) is 0. The van der Waals surface area contributed by atoms with Crippen molar-refractivity contribution >= 4 is 190 Å². The van der Waals surface area contributed by atoms with E-state index in [1.807, 2.05) is 23.5 Å². The summed E-state index contributed by atoms with van der Waals surface area (Å²) in [4.78, 5) is 14.6. The van der Waals surface area contributed by atoms with Gasteiger partial charge in [-0.15, -0.1) is 0 Å².